The molecule has 2 aliphatic rings. The Bertz CT molecular complexity index is 647. The number of anilines is 1. The zero-order valence-electron chi connectivity index (χ0n) is 15.4. The average Bonchev–Trinajstić information content (AvgIpc) is 2.95. The van der Waals surface area contributed by atoms with Crippen molar-refractivity contribution in [3.05, 3.63) is 11.6 Å². The number of piperidine rings is 1. The molecule has 0 saturated carbocycles. The molecular weight excluding hydrogens is 318 g/mol. The summed E-state index contributed by atoms with van der Waals surface area (Å²) in [5.41, 5.74) is 0.327. The van der Waals surface area contributed by atoms with Crippen LogP contribution in [0.5, 0.6) is 0 Å². The predicted octanol–water partition coefficient (Wildman–Crippen LogP) is 1.48. The highest BCUT2D eigenvalue weighted by atomic mass is 16.4. The van der Waals surface area contributed by atoms with E-state index in [1.165, 1.54) is 6.42 Å². The van der Waals surface area contributed by atoms with Crippen LogP contribution < -0.4 is 4.90 Å². The van der Waals surface area contributed by atoms with Crippen molar-refractivity contribution in [3.8, 4) is 6.07 Å². The van der Waals surface area contributed by atoms with E-state index in [1.807, 2.05) is 9.80 Å². The smallest absolute Gasteiger partial charge is 0.236 e. The number of hydrogen-bond acceptors (Lipinski definition) is 6. The number of nitriles is 1. The van der Waals surface area contributed by atoms with Crippen molar-refractivity contribution in [2.75, 3.05) is 50.7 Å². The quantitative estimate of drug-likeness (QED) is 0.826. The third kappa shape index (κ3) is 4.13. The number of piperazine rings is 1. The third-order valence-electron chi connectivity index (χ3n) is 5.05. The average molecular weight is 345 g/mol. The maximum Gasteiger partial charge on any atom is 0.236 e. The summed E-state index contributed by atoms with van der Waals surface area (Å²) < 4.78 is 5.57. The number of aryl methyl sites for hydroxylation is 1. The van der Waals surface area contributed by atoms with Crippen LogP contribution in [0.2, 0.25) is 0 Å². The lowest BCUT2D eigenvalue weighted by Crippen LogP contribution is -2.52. The van der Waals surface area contributed by atoms with Gasteiger partial charge in [0.15, 0.2) is 5.89 Å². The molecule has 3 rings (SSSR count). The molecule has 0 spiro atoms. The Labute approximate surface area is 149 Å². The summed E-state index contributed by atoms with van der Waals surface area (Å²) in [6.07, 6.45) is 1.25. The first-order chi connectivity index (χ1) is 12.0. The van der Waals surface area contributed by atoms with Crippen molar-refractivity contribution in [2.45, 2.75) is 27.2 Å². The number of hydrogen-bond donors (Lipinski definition) is 0. The number of carbonyl (C=O) groups excluding carboxylic acids is 1. The van der Waals surface area contributed by atoms with Crippen LogP contribution in [0.1, 0.15) is 31.9 Å². The van der Waals surface area contributed by atoms with Gasteiger partial charge in [-0.1, -0.05) is 13.8 Å². The Balaban J connectivity index is 1.53. The second-order valence-corrected chi connectivity index (χ2v) is 7.51. The molecule has 0 aromatic carbocycles. The number of amides is 1. The van der Waals surface area contributed by atoms with Crippen LogP contribution in [0.25, 0.3) is 0 Å². The van der Waals surface area contributed by atoms with Crippen molar-refractivity contribution >= 4 is 11.8 Å². The Morgan fingerprint density at radius 2 is 1.88 bits per heavy atom. The standard InChI is InChI=1S/C18H27N5O2/c1-13-8-14(2)11-21(10-13)12-17(24)22-4-6-23(7-5-22)18-16(9-19)20-15(3)25-18/h13-14H,4-8,10-12H2,1-3H3. The molecule has 2 atom stereocenters. The van der Waals surface area contributed by atoms with E-state index >= 15 is 0 Å². The minimum Gasteiger partial charge on any atom is -0.424 e. The molecule has 136 valence electrons. The highest BCUT2D eigenvalue weighted by molar-refractivity contribution is 5.78. The van der Waals surface area contributed by atoms with Gasteiger partial charge in [0.25, 0.3) is 0 Å². The molecule has 2 unspecified atom stereocenters. The Morgan fingerprint density at radius 3 is 2.48 bits per heavy atom. The van der Waals surface area contributed by atoms with E-state index in [2.05, 4.69) is 29.8 Å². The van der Waals surface area contributed by atoms with Crippen LogP contribution >= 0.6 is 0 Å². The summed E-state index contributed by atoms with van der Waals surface area (Å²) in [5, 5.41) is 9.16. The molecule has 2 fully saturated rings. The molecule has 1 amide bonds. The Hall–Kier alpha value is -2.07. The monoisotopic (exact) mass is 345 g/mol. The second-order valence-electron chi connectivity index (χ2n) is 7.51. The molecule has 2 saturated heterocycles. The minimum absolute atomic E-state index is 0.204. The van der Waals surface area contributed by atoms with Gasteiger partial charge in [0, 0.05) is 46.2 Å². The van der Waals surface area contributed by atoms with Crippen LogP contribution in [0.4, 0.5) is 5.88 Å². The second kappa shape index (κ2) is 7.44. The minimum atomic E-state index is 0.204. The van der Waals surface area contributed by atoms with Crippen LogP contribution in [0, 0.1) is 30.1 Å². The first-order valence-corrected chi connectivity index (χ1v) is 9.09. The third-order valence-corrected chi connectivity index (χ3v) is 5.05. The van der Waals surface area contributed by atoms with E-state index in [-0.39, 0.29) is 5.91 Å². The highest BCUT2D eigenvalue weighted by Crippen LogP contribution is 2.23. The largest absolute Gasteiger partial charge is 0.424 e. The van der Waals surface area contributed by atoms with Crippen LogP contribution in [-0.4, -0.2) is 66.5 Å². The van der Waals surface area contributed by atoms with E-state index in [4.69, 9.17) is 9.68 Å². The van der Waals surface area contributed by atoms with Crippen molar-refractivity contribution < 1.29 is 9.21 Å². The van der Waals surface area contributed by atoms with E-state index in [0.29, 0.717) is 62.0 Å². The molecule has 25 heavy (non-hydrogen) atoms. The van der Waals surface area contributed by atoms with E-state index in [0.717, 1.165) is 13.1 Å². The van der Waals surface area contributed by atoms with Crippen molar-refractivity contribution in [1.29, 1.82) is 5.26 Å². The summed E-state index contributed by atoms with van der Waals surface area (Å²) in [7, 11) is 0. The van der Waals surface area contributed by atoms with Gasteiger partial charge in [0.05, 0.1) is 6.54 Å². The van der Waals surface area contributed by atoms with Gasteiger partial charge in [-0.2, -0.15) is 5.26 Å². The topological polar surface area (TPSA) is 76.6 Å². The molecule has 0 N–H and O–H groups in total. The molecule has 1 aromatic heterocycles. The molecule has 0 bridgehead atoms. The summed E-state index contributed by atoms with van der Waals surface area (Å²) in [4.78, 5) is 22.9. The van der Waals surface area contributed by atoms with E-state index < -0.39 is 0 Å². The van der Waals surface area contributed by atoms with Gasteiger partial charge >= 0.3 is 0 Å². The number of nitrogens with zero attached hydrogens (tertiary/aromatic N) is 5. The summed E-state index contributed by atoms with van der Waals surface area (Å²) in [5.74, 6) is 2.55. The zero-order valence-corrected chi connectivity index (χ0v) is 15.4. The maximum atomic E-state index is 12.6. The Morgan fingerprint density at radius 1 is 1.24 bits per heavy atom. The molecule has 0 radical (unpaired) electrons. The summed E-state index contributed by atoms with van der Waals surface area (Å²) in [6, 6.07) is 2.08. The lowest BCUT2D eigenvalue weighted by molar-refractivity contribution is -0.133. The fourth-order valence-electron chi connectivity index (χ4n) is 4.07. The van der Waals surface area contributed by atoms with Gasteiger partial charge < -0.3 is 14.2 Å². The molecule has 2 aliphatic heterocycles. The predicted molar refractivity (Wildman–Crippen MR) is 94.1 cm³/mol. The normalized spacial score (nSPS) is 25.0. The number of rotatable bonds is 3. The van der Waals surface area contributed by atoms with E-state index in [1.54, 1.807) is 6.92 Å². The van der Waals surface area contributed by atoms with Crippen LogP contribution in [-0.2, 0) is 4.79 Å². The maximum absolute atomic E-state index is 12.6. The number of aromatic nitrogens is 1. The molecule has 7 heteroatoms. The van der Waals surface area contributed by atoms with Gasteiger partial charge in [-0.05, 0) is 18.3 Å². The van der Waals surface area contributed by atoms with Crippen molar-refractivity contribution in [3.63, 3.8) is 0 Å². The summed E-state index contributed by atoms with van der Waals surface area (Å²) in [6.45, 7) is 11.5. The molecule has 3 heterocycles. The molecule has 1 aromatic rings. The van der Waals surface area contributed by atoms with Gasteiger partial charge in [-0.25, -0.2) is 4.98 Å². The number of oxazole rings is 1. The number of carbonyl (C=O) groups is 1. The molecule has 0 aliphatic carbocycles. The zero-order chi connectivity index (χ0) is 18.0. The summed E-state index contributed by atoms with van der Waals surface area (Å²) >= 11 is 0. The van der Waals surface area contributed by atoms with Crippen LogP contribution in [0.15, 0.2) is 4.42 Å². The highest BCUT2D eigenvalue weighted by Gasteiger charge is 2.28. The SMILES string of the molecule is Cc1nc(C#N)c(N2CCN(C(=O)CN3CC(C)CC(C)C3)CC2)o1. The fourth-order valence-corrected chi connectivity index (χ4v) is 4.07. The Kier molecular flexibility index (Phi) is 5.28. The number of likely N-dealkylation sites (tertiary alicyclic amines) is 1. The van der Waals surface area contributed by atoms with Crippen LogP contribution in [0.3, 0.4) is 0 Å². The van der Waals surface area contributed by atoms with E-state index in [9.17, 15) is 4.79 Å². The van der Waals surface area contributed by atoms with Crippen molar-refractivity contribution in [1.82, 2.24) is 14.8 Å². The van der Waals surface area contributed by atoms with Gasteiger partial charge in [-0.15, -0.1) is 0 Å². The van der Waals surface area contributed by atoms with Gasteiger partial charge in [-0.3, -0.25) is 9.69 Å². The molecular formula is C18H27N5O2. The van der Waals surface area contributed by atoms with Gasteiger partial charge in [0.1, 0.15) is 6.07 Å². The molecule has 7 nitrogen and oxygen atoms in total. The fraction of sp³-hybridized carbons (Fsp3) is 0.722. The van der Waals surface area contributed by atoms with Gasteiger partial charge in [0.2, 0.25) is 17.5 Å². The first-order valence-electron chi connectivity index (χ1n) is 9.09. The lowest BCUT2D eigenvalue weighted by atomic mass is 9.92. The lowest BCUT2D eigenvalue weighted by Gasteiger charge is -2.38. The first kappa shape index (κ1) is 17.7. The van der Waals surface area contributed by atoms with Crippen molar-refractivity contribution in [2.24, 2.45) is 11.8 Å².